The van der Waals surface area contributed by atoms with Gasteiger partial charge in [-0.3, -0.25) is 0 Å². The lowest BCUT2D eigenvalue weighted by molar-refractivity contribution is 1.15. The van der Waals surface area contributed by atoms with Crippen molar-refractivity contribution >= 4 is 6.21 Å². The van der Waals surface area contributed by atoms with Crippen molar-refractivity contribution < 1.29 is 0 Å². The number of hydrogen-bond donors (Lipinski definition) is 0. The van der Waals surface area contributed by atoms with E-state index in [0.29, 0.717) is 0 Å². The molecule has 0 unspecified atom stereocenters. The first-order chi connectivity index (χ1) is 2.50. The molecule has 1 heterocycles. The van der Waals surface area contributed by atoms with Crippen LogP contribution in [0.15, 0.2) is 12.2 Å². The maximum atomic E-state index is 3.85. The van der Waals surface area contributed by atoms with Crippen LogP contribution in [0.5, 0.6) is 0 Å². The van der Waals surface area contributed by atoms with Gasteiger partial charge in [0.15, 0.2) is 0 Å². The largest absolute Gasteiger partial charge is 0.235 e. The predicted octanol–water partition coefficient (Wildman–Crippen LogP) is -0.0372. The molecule has 0 amide bonds. The van der Waals surface area contributed by atoms with Crippen molar-refractivity contribution in [1.82, 2.24) is 4.99 Å². The molecule has 1 rings (SSSR count). The first-order valence-corrected chi connectivity index (χ1v) is 1.65. The van der Waals surface area contributed by atoms with Crippen LogP contribution >= 0.6 is 0 Å². The van der Waals surface area contributed by atoms with Gasteiger partial charge in [-0.15, -0.1) is 0 Å². The minimum atomic E-state index is 0.889. The lowest BCUT2D eigenvalue weighted by atomic mass is 10.6. The topological polar surface area (TPSA) is 14.1 Å². The average Bonchev–Trinajstić information content (AvgIpc) is 1.76. The summed E-state index contributed by atoms with van der Waals surface area (Å²) in [6.45, 7) is 0.889. The fourth-order valence-corrected chi connectivity index (χ4v) is 0.304. The highest BCUT2D eigenvalue weighted by molar-refractivity contribution is 5.71. The summed E-state index contributed by atoms with van der Waals surface area (Å²) in [4.78, 5) is 3.85. The van der Waals surface area contributed by atoms with Crippen molar-refractivity contribution in [2.75, 3.05) is 6.54 Å². The van der Waals surface area contributed by atoms with Crippen LogP contribution in [-0.2, 0) is 0 Å². The maximum Gasteiger partial charge on any atom is 0.235 e. The van der Waals surface area contributed by atoms with E-state index in [9.17, 15) is 0 Å². The molecule has 0 spiro atoms. The van der Waals surface area contributed by atoms with Gasteiger partial charge in [-0.1, -0.05) is 0 Å². The average molecular weight is 67.1 g/mol. The van der Waals surface area contributed by atoms with Crippen LogP contribution < -0.4 is 4.99 Å². The molecule has 1 radical (unpaired) electrons. The van der Waals surface area contributed by atoms with Crippen LogP contribution in [0.2, 0.25) is 0 Å². The predicted molar refractivity (Wildman–Crippen MR) is 22.2 cm³/mol. The Hall–Kier alpha value is -0.590. The van der Waals surface area contributed by atoms with Crippen LogP contribution in [-0.4, -0.2) is 12.8 Å². The van der Waals surface area contributed by atoms with Crippen LogP contribution in [0, 0.1) is 0 Å². The Labute approximate surface area is 31.0 Å². The van der Waals surface area contributed by atoms with Crippen molar-refractivity contribution in [2.45, 2.75) is 0 Å². The number of aliphatic imine (C=N–C) groups is 1. The number of rotatable bonds is 0. The van der Waals surface area contributed by atoms with Gasteiger partial charge in [0, 0.05) is 11.1 Å². The lowest BCUT2D eigenvalue weighted by Crippen LogP contribution is -1.78. The van der Waals surface area contributed by atoms with Crippen LogP contribution in [0.4, 0.5) is 0 Å². The molecule has 1 heteroatoms. The molecule has 25 valence electrons. The highest BCUT2D eigenvalue weighted by atomic mass is 14.7. The molecule has 1 aliphatic rings. The first kappa shape index (κ1) is 2.64. The van der Waals surface area contributed by atoms with E-state index in [0.717, 1.165) is 6.54 Å². The number of nitrogens with zero attached hydrogens (tertiary/aromatic N) is 1. The second-order valence-corrected chi connectivity index (χ2v) is 0.942. The van der Waals surface area contributed by atoms with Crippen molar-refractivity contribution in [3.05, 3.63) is 12.2 Å². The van der Waals surface area contributed by atoms with E-state index in [4.69, 9.17) is 0 Å². The SMILES string of the molecule is C1=CC[N+]=C1. The summed E-state index contributed by atoms with van der Waals surface area (Å²) in [5, 5.41) is 0. The third-order valence-electron chi connectivity index (χ3n) is 0.538. The van der Waals surface area contributed by atoms with Crippen molar-refractivity contribution in [2.24, 2.45) is 0 Å². The van der Waals surface area contributed by atoms with Gasteiger partial charge in [0.25, 0.3) is 0 Å². The van der Waals surface area contributed by atoms with Crippen LogP contribution in [0.3, 0.4) is 0 Å². The summed E-state index contributed by atoms with van der Waals surface area (Å²) in [5.74, 6) is 0. The standard InChI is InChI=1S/C4H5N/c1-2-4-5-3-1/h1-3H,4H2/q+1. The molecule has 0 fully saturated rings. The normalized spacial score (nSPS) is 17.6. The monoisotopic (exact) mass is 67.0 g/mol. The first-order valence-electron chi connectivity index (χ1n) is 1.65. The summed E-state index contributed by atoms with van der Waals surface area (Å²) in [6, 6.07) is 0. The van der Waals surface area contributed by atoms with Crippen molar-refractivity contribution in [3.63, 3.8) is 0 Å². The second-order valence-electron chi connectivity index (χ2n) is 0.942. The molecular formula is C4H5N+. The van der Waals surface area contributed by atoms with Gasteiger partial charge in [-0.05, 0) is 6.08 Å². The maximum absolute atomic E-state index is 3.85. The molecular weight excluding hydrogens is 62.1 g/mol. The number of hydrogen-bond acceptors (Lipinski definition) is 1. The van der Waals surface area contributed by atoms with E-state index >= 15 is 0 Å². The molecule has 0 bridgehead atoms. The summed E-state index contributed by atoms with van der Waals surface area (Å²) < 4.78 is 0. The summed E-state index contributed by atoms with van der Waals surface area (Å²) >= 11 is 0. The van der Waals surface area contributed by atoms with Gasteiger partial charge in [0.2, 0.25) is 12.8 Å². The van der Waals surface area contributed by atoms with Crippen LogP contribution in [0.1, 0.15) is 0 Å². The van der Waals surface area contributed by atoms with E-state index in [1.807, 2.05) is 12.2 Å². The van der Waals surface area contributed by atoms with Gasteiger partial charge < -0.3 is 0 Å². The Morgan fingerprint density at radius 3 is 2.80 bits per heavy atom. The highest BCUT2D eigenvalue weighted by Gasteiger charge is 1.88. The summed E-state index contributed by atoms with van der Waals surface area (Å²) in [6.07, 6.45) is 5.76. The second kappa shape index (κ2) is 1.02. The fraction of sp³-hybridized carbons (Fsp3) is 0.250. The Kier molecular flexibility index (Phi) is 0.537. The van der Waals surface area contributed by atoms with E-state index in [1.54, 1.807) is 6.21 Å². The molecule has 5 heavy (non-hydrogen) atoms. The highest BCUT2D eigenvalue weighted by Crippen LogP contribution is 1.68. The minimum Gasteiger partial charge on any atom is -0.00716 e. The zero-order valence-electron chi connectivity index (χ0n) is 2.89. The van der Waals surface area contributed by atoms with E-state index in [2.05, 4.69) is 4.99 Å². The van der Waals surface area contributed by atoms with Gasteiger partial charge in [-0.2, -0.15) is 0 Å². The Morgan fingerprint density at radius 2 is 2.60 bits per heavy atom. The zero-order valence-corrected chi connectivity index (χ0v) is 2.89. The molecule has 0 saturated carbocycles. The number of allylic oxidation sites excluding steroid dienone is 1. The van der Waals surface area contributed by atoms with E-state index in [1.165, 1.54) is 0 Å². The molecule has 0 atom stereocenters. The van der Waals surface area contributed by atoms with E-state index in [-0.39, 0.29) is 0 Å². The Morgan fingerprint density at radius 1 is 1.60 bits per heavy atom. The minimum absolute atomic E-state index is 0.889. The van der Waals surface area contributed by atoms with Crippen molar-refractivity contribution in [3.8, 4) is 0 Å². The van der Waals surface area contributed by atoms with Gasteiger partial charge in [0.1, 0.15) is 0 Å². The summed E-state index contributed by atoms with van der Waals surface area (Å²) in [7, 11) is 0. The van der Waals surface area contributed by atoms with Crippen molar-refractivity contribution in [1.29, 1.82) is 0 Å². The van der Waals surface area contributed by atoms with Gasteiger partial charge in [-0.25, -0.2) is 0 Å². The molecule has 0 aromatic heterocycles. The zero-order chi connectivity index (χ0) is 3.54. The van der Waals surface area contributed by atoms with Crippen LogP contribution in [0.25, 0.3) is 0 Å². The summed E-state index contributed by atoms with van der Waals surface area (Å²) in [5.41, 5.74) is 0. The van der Waals surface area contributed by atoms with Gasteiger partial charge >= 0.3 is 0 Å². The quantitative estimate of drug-likeness (QED) is 0.377. The molecule has 1 nitrogen and oxygen atoms in total. The Bertz CT molecular complexity index is 61.7. The van der Waals surface area contributed by atoms with E-state index < -0.39 is 0 Å². The fourth-order valence-electron chi connectivity index (χ4n) is 0.304. The Balaban J connectivity index is 2.61. The molecule has 0 aliphatic carbocycles. The smallest absolute Gasteiger partial charge is 0.00716 e. The third-order valence-corrected chi connectivity index (χ3v) is 0.538. The van der Waals surface area contributed by atoms with Gasteiger partial charge in [0.05, 0.1) is 0 Å². The molecule has 0 N–H and O–H groups in total. The molecule has 1 aliphatic heterocycles. The molecule has 0 saturated heterocycles. The molecule has 0 aromatic carbocycles. The lowest BCUT2D eigenvalue weighted by Gasteiger charge is -1.41. The third kappa shape index (κ3) is 0.349. The molecule has 0 aromatic rings.